The van der Waals surface area contributed by atoms with Gasteiger partial charge in [-0.1, -0.05) is 60.7 Å². The molecular formula is C25H22N2. The molecule has 27 heavy (non-hydrogen) atoms. The Kier molecular flexibility index (Phi) is 3.15. The molecular weight excluding hydrogens is 328 g/mol. The average Bonchev–Trinajstić information content (AvgIpc) is 3.01. The van der Waals surface area contributed by atoms with Gasteiger partial charge in [0.15, 0.2) is 0 Å². The number of nitrogens with zero attached hydrogens (tertiary/aromatic N) is 2. The van der Waals surface area contributed by atoms with Crippen LogP contribution in [-0.4, -0.2) is 18.5 Å². The van der Waals surface area contributed by atoms with Gasteiger partial charge in [-0.2, -0.15) is 0 Å². The lowest BCUT2D eigenvalue weighted by atomic mass is 9.95. The van der Waals surface area contributed by atoms with Gasteiger partial charge < -0.3 is 4.90 Å². The van der Waals surface area contributed by atoms with Gasteiger partial charge in [-0.15, -0.1) is 0 Å². The lowest BCUT2D eigenvalue weighted by Gasteiger charge is -2.38. The molecule has 2 aliphatic heterocycles. The van der Waals surface area contributed by atoms with Crippen LogP contribution in [0.5, 0.6) is 0 Å². The van der Waals surface area contributed by atoms with Crippen molar-refractivity contribution in [1.82, 2.24) is 4.90 Å². The molecule has 2 heterocycles. The van der Waals surface area contributed by atoms with Crippen molar-refractivity contribution in [3.05, 3.63) is 89.5 Å². The fraction of sp³-hybridized carbons (Fsp3) is 0.200. The van der Waals surface area contributed by atoms with Gasteiger partial charge in [0, 0.05) is 31.2 Å². The summed E-state index contributed by atoms with van der Waals surface area (Å²) in [6.45, 7) is 2.13. The van der Waals surface area contributed by atoms with E-state index in [-0.39, 0.29) is 0 Å². The van der Waals surface area contributed by atoms with E-state index >= 15 is 0 Å². The summed E-state index contributed by atoms with van der Waals surface area (Å²) in [4.78, 5) is 5.12. The molecule has 0 aromatic heterocycles. The summed E-state index contributed by atoms with van der Waals surface area (Å²) in [5.74, 6) is 0. The molecule has 0 fully saturated rings. The fourth-order valence-corrected chi connectivity index (χ4v) is 5.18. The first kappa shape index (κ1) is 15.2. The average molecular weight is 350 g/mol. The molecule has 0 spiro atoms. The van der Waals surface area contributed by atoms with Crippen LogP contribution in [0.1, 0.15) is 22.9 Å². The van der Waals surface area contributed by atoms with Crippen molar-refractivity contribution in [3.63, 3.8) is 0 Å². The van der Waals surface area contributed by atoms with Gasteiger partial charge in [0.2, 0.25) is 0 Å². The number of fused-ring (bicyclic) bond motifs is 3. The second kappa shape index (κ2) is 5.58. The maximum absolute atomic E-state index is 2.64. The van der Waals surface area contributed by atoms with E-state index in [1.165, 1.54) is 43.9 Å². The Labute approximate surface area is 159 Å². The van der Waals surface area contributed by atoms with Crippen molar-refractivity contribution in [2.24, 2.45) is 0 Å². The van der Waals surface area contributed by atoms with Crippen LogP contribution < -0.4 is 4.90 Å². The molecule has 1 unspecified atom stereocenters. The fourth-order valence-electron chi connectivity index (χ4n) is 5.18. The van der Waals surface area contributed by atoms with E-state index in [2.05, 4.69) is 89.6 Å². The Bertz CT molecular complexity index is 1190. The molecule has 0 saturated carbocycles. The quantitative estimate of drug-likeness (QED) is 0.418. The van der Waals surface area contributed by atoms with Crippen molar-refractivity contribution in [2.45, 2.75) is 19.1 Å². The van der Waals surface area contributed by atoms with Crippen LogP contribution in [0.4, 0.5) is 5.69 Å². The van der Waals surface area contributed by atoms with Crippen molar-refractivity contribution >= 4 is 27.2 Å². The summed E-state index contributed by atoms with van der Waals surface area (Å²) >= 11 is 0. The standard InChI is InChI=1S/C25H22N2/c1-26-23-12-6-11-21-20-10-5-4-8-18(20)15-22(24(21)23)25(26)27-14-13-17-7-2-3-9-19(17)16-27/h2-12,15,25H,13-14,16H2,1H3. The maximum Gasteiger partial charge on any atom is 0.109 e. The summed E-state index contributed by atoms with van der Waals surface area (Å²) in [7, 11) is 2.25. The Morgan fingerprint density at radius 2 is 1.59 bits per heavy atom. The van der Waals surface area contributed by atoms with Crippen molar-refractivity contribution in [3.8, 4) is 0 Å². The van der Waals surface area contributed by atoms with Gasteiger partial charge in [-0.25, -0.2) is 0 Å². The lowest BCUT2D eigenvalue weighted by Crippen LogP contribution is -2.40. The molecule has 0 N–H and O–H groups in total. The first-order valence-corrected chi connectivity index (χ1v) is 9.79. The molecule has 0 radical (unpaired) electrons. The second-order valence-electron chi connectivity index (χ2n) is 7.86. The van der Waals surface area contributed by atoms with Gasteiger partial charge in [-0.3, -0.25) is 4.90 Å². The predicted octanol–water partition coefficient (Wildman–Crippen LogP) is 5.50. The van der Waals surface area contributed by atoms with E-state index in [0.29, 0.717) is 6.17 Å². The molecule has 0 aliphatic carbocycles. The number of benzene rings is 4. The van der Waals surface area contributed by atoms with E-state index < -0.39 is 0 Å². The molecule has 1 atom stereocenters. The van der Waals surface area contributed by atoms with Gasteiger partial charge in [0.1, 0.15) is 6.17 Å². The topological polar surface area (TPSA) is 6.48 Å². The van der Waals surface area contributed by atoms with Crippen LogP contribution >= 0.6 is 0 Å². The number of anilines is 1. The van der Waals surface area contributed by atoms with Crippen LogP contribution in [0.2, 0.25) is 0 Å². The summed E-state index contributed by atoms with van der Waals surface area (Å²) in [5, 5.41) is 5.51. The summed E-state index contributed by atoms with van der Waals surface area (Å²) in [6, 6.07) is 26.9. The zero-order valence-corrected chi connectivity index (χ0v) is 15.5. The molecule has 0 saturated heterocycles. The SMILES string of the molecule is CN1c2cccc3c2c(cc2ccccc23)C1N1CCc2ccccc2C1. The Balaban J connectivity index is 1.55. The second-order valence-corrected chi connectivity index (χ2v) is 7.86. The highest BCUT2D eigenvalue weighted by molar-refractivity contribution is 6.14. The minimum atomic E-state index is 0.308. The maximum atomic E-state index is 2.64. The van der Waals surface area contributed by atoms with Crippen molar-refractivity contribution in [2.75, 3.05) is 18.5 Å². The molecule has 0 amide bonds. The third-order valence-electron chi connectivity index (χ3n) is 6.42. The predicted molar refractivity (Wildman–Crippen MR) is 113 cm³/mol. The molecule has 4 aromatic rings. The molecule has 2 aliphatic rings. The first-order valence-electron chi connectivity index (χ1n) is 9.79. The van der Waals surface area contributed by atoms with Crippen LogP contribution in [0, 0.1) is 0 Å². The number of hydrogen-bond acceptors (Lipinski definition) is 2. The number of rotatable bonds is 1. The monoisotopic (exact) mass is 350 g/mol. The molecule has 6 rings (SSSR count). The minimum absolute atomic E-state index is 0.308. The van der Waals surface area contributed by atoms with E-state index in [1.54, 1.807) is 0 Å². The zero-order valence-electron chi connectivity index (χ0n) is 15.5. The molecule has 132 valence electrons. The zero-order chi connectivity index (χ0) is 18.0. The summed E-state index contributed by atoms with van der Waals surface area (Å²) < 4.78 is 0. The lowest BCUT2D eigenvalue weighted by molar-refractivity contribution is 0.182. The van der Waals surface area contributed by atoms with E-state index in [9.17, 15) is 0 Å². The third kappa shape index (κ3) is 2.11. The van der Waals surface area contributed by atoms with E-state index in [4.69, 9.17) is 0 Å². The smallest absolute Gasteiger partial charge is 0.109 e. The highest BCUT2D eigenvalue weighted by atomic mass is 15.4. The highest BCUT2D eigenvalue weighted by Crippen LogP contribution is 2.47. The highest BCUT2D eigenvalue weighted by Gasteiger charge is 2.35. The van der Waals surface area contributed by atoms with Crippen LogP contribution in [-0.2, 0) is 13.0 Å². The first-order chi connectivity index (χ1) is 13.3. The van der Waals surface area contributed by atoms with Gasteiger partial charge in [0.25, 0.3) is 0 Å². The Hall–Kier alpha value is -2.84. The van der Waals surface area contributed by atoms with Crippen LogP contribution in [0.25, 0.3) is 21.5 Å². The van der Waals surface area contributed by atoms with Gasteiger partial charge in [-0.05, 0) is 51.4 Å². The normalized spacial score (nSPS) is 19.0. The third-order valence-corrected chi connectivity index (χ3v) is 6.42. The van der Waals surface area contributed by atoms with E-state index in [1.807, 2.05) is 0 Å². The van der Waals surface area contributed by atoms with Crippen LogP contribution in [0.15, 0.2) is 72.8 Å². The Morgan fingerprint density at radius 1 is 0.815 bits per heavy atom. The van der Waals surface area contributed by atoms with Crippen molar-refractivity contribution in [1.29, 1.82) is 0 Å². The largest absolute Gasteiger partial charge is 0.354 e. The van der Waals surface area contributed by atoms with Gasteiger partial charge in [0.05, 0.1) is 0 Å². The Morgan fingerprint density at radius 3 is 2.52 bits per heavy atom. The molecule has 0 bridgehead atoms. The summed E-state index contributed by atoms with van der Waals surface area (Å²) in [5.41, 5.74) is 5.80. The molecule has 2 heteroatoms. The molecule has 4 aromatic carbocycles. The van der Waals surface area contributed by atoms with Crippen molar-refractivity contribution < 1.29 is 0 Å². The summed E-state index contributed by atoms with van der Waals surface area (Å²) in [6.07, 6.45) is 1.44. The minimum Gasteiger partial charge on any atom is -0.354 e. The van der Waals surface area contributed by atoms with E-state index in [0.717, 1.165) is 19.5 Å². The van der Waals surface area contributed by atoms with Gasteiger partial charge >= 0.3 is 0 Å². The van der Waals surface area contributed by atoms with Crippen LogP contribution in [0.3, 0.4) is 0 Å². The molecule has 2 nitrogen and oxygen atoms in total. The number of hydrogen-bond donors (Lipinski definition) is 0.